The minimum Gasteiger partial charge on any atom is -0.385 e. The summed E-state index contributed by atoms with van der Waals surface area (Å²) in [6.45, 7) is 2.02. The van der Waals surface area contributed by atoms with E-state index >= 15 is 0 Å². The number of alkyl halides is 3. The van der Waals surface area contributed by atoms with Crippen LogP contribution in [0.1, 0.15) is 31.4 Å². The lowest BCUT2D eigenvalue weighted by Crippen LogP contribution is -2.43. The van der Waals surface area contributed by atoms with Crippen LogP contribution in [0.25, 0.3) is 11.1 Å². The Balaban J connectivity index is 1.41. The summed E-state index contributed by atoms with van der Waals surface area (Å²) in [7, 11) is 0. The van der Waals surface area contributed by atoms with Crippen LogP contribution in [0.3, 0.4) is 0 Å². The van der Waals surface area contributed by atoms with E-state index in [0.29, 0.717) is 36.0 Å². The zero-order valence-corrected chi connectivity index (χ0v) is 20.4. The number of hydrogen-bond acceptors (Lipinski definition) is 5. The number of anilines is 1. The smallest absolute Gasteiger partial charge is 0.385 e. The minimum atomic E-state index is -4.26. The van der Waals surface area contributed by atoms with Gasteiger partial charge in [0.25, 0.3) is 0 Å². The van der Waals surface area contributed by atoms with Crippen molar-refractivity contribution in [2.75, 3.05) is 44.7 Å². The van der Waals surface area contributed by atoms with Gasteiger partial charge in [0, 0.05) is 61.8 Å². The van der Waals surface area contributed by atoms with Gasteiger partial charge in [-0.15, -0.1) is 0 Å². The largest absolute Gasteiger partial charge is 0.401 e. The Morgan fingerprint density at radius 2 is 2.00 bits per heavy atom. The van der Waals surface area contributed by atoms with Crippen molar-refractivity contribution >= 4 is 23.1 Å². The van der Waals surface area contributed by atoms with Crippen molar-refractivity contribution in [2.24, 2.45) is 11.8 Å². The lowest BCUT2D eigenvalue weighted by Gasteiger charge is -2.32. The Labute approximate surface area is 209 Å². The summed E-state index contributed by atoms with van der Waals surface area (Å²) < 4.78 is 43.7. The molecule has 0 amide bonds. The molecule has 4 rings (SSSR count). The van der Waals surface area contributed by atoms with Crippen LogP contribution >= 0.6 is 11.6 Å². The molecule has 2 fully saturated rings. The molecule has 0 saturated carbocycles. The first-order chi connectivity index (χ1) is 16.8. The molecule has 2 saturated heterocycles. The Bertz CT molecular complexity index is 1010. The summed E-state index contributed by atoms with van der Waals surface area (Å²) in [6, 6.07) is 9.78. The van der Waals surface area contributed by atoms with Gasteiger partial charge in [0.15, 0.2) is 0 Å². The Morgan fingerprint density at radius 3 is 2.77 bits per heavy atom. The van der Waals surface area contributed by atoms with Gasteiger partial charge in [0.05, 0.1) is 11.6 Å². The average Bonchev–Trinajstić information content (AvgIpc) is 2.84. The van der Waals surface area contributed by atoms with Crippen molar-refractivity contribution in [2.45, 2.75) is 38.3 Å². The van der Waals surface area contributed by atoms with Crippen LogP contribution in [0.4, 0.5) is 18.9 Å². The van der Waals surface area contributed by atoms with E-state index in [-0.39, 0.29) is 18.7 Å². The summed E-state index contributed by atoms with van der Waals surface area (Å²) in [4.78, 5) is 18.6. The Kier molecular flexibility index (Phi) is 8.68. The summed E-state index contributed by atoms with van der Waals surface area (Å²) in [6.07, 6.45) is 0.652. The predicted octanol–water partition coefficient (Wildman–Crippen LogP) is 5.63. The maximum atomic E-state index is 12.9. The first-order valence-corrected chi connectivity index (χ1v) is 12.5. The van der Waals surface area contributed by atoms with Gasteiger partial charge in [-0.2, -0.15) is 13.2 Å². The number of ketones is 1. The second-order valence-electron chi connectivity index (χ2n) is 9.51. The summed E-state index contributed by atoms with van der Waals surface area (Å²) in [5.41, 5.74) is 3.26. The van der Waals surface area contributed by atoms with E-state index in [1.165, 1.54) is 4.90 Å². The zero-order valence-electron chi connectivity index (χ0n) is 19.6. The molecule has 0 radical (unpaired) electrons. The van der Waals surface area contributed by atoms with Crippen LogP contribution in [-0.4, -0.2) is 61.2 Å². The highest BCUT2D eigenvalue weighted by Gasteiger charge is 2.34. The maximum absolute atomic E-state index is 12.9. The second-order valence-corrected chi connectivity index (χ2v) is 9.91. The second kappa shape index (κ2) is 11.7. The van der Waals surface area contributed by atoms with Crippen molar-refractivity contribution in [3.05, 3.63) is 47.2 Å². The molecule has 1 atom stereocenters. The number of piperidine rings is 1. The number of halogens is 4. The van der Waals surface area contributed by atoms with Crippen LogP contribution in [0, 0.1) is 11.8 Å². The number of nitrogens with one attached hydrogen (secondary N) is 1. The van der Waals surface area contributed by atoms with Crippen LogP contribution in [0.5, 0.6) is 0 Å². The van der Waals surface area contributed by atoms with Gasteiger partial charge in [-0.3, -0.25) is 14.7 Å². The number of carbonyl (C=O) groups excluding carboxylic acids is 1. The SMILES string of the molecule is O=C(Cc1cc(-c2cccc(NCC3CCOCC3)c2)c(Cl)cn1)[C@H]1CCCN(CC(F)(F)F)C1. The number of benzene rings is 1. The van der Waals surface area contributed by atoms with Gasteiger partial charge >= 0.3 is 6.18 Å². The number of rotatable bonds is 8. The van der Waals surface area contributed by atoms with Crippen molar-refractivity contribution in [1.29, 1.82) is 0 Å². The Hall–Kier alpha value is -2.16. The molecule has 3 heterocycles. The van der Waals surface area contributed by atoms with E-state index in [4.69, 9.17) is 16.3 Å². The molecule has 0 unspecified atom stereocenters. The third-order valence-electron chi connectivity index (χ3n) is 6.74. The van der Waals surface area contributed by atoms with E-state index < -0.39 is 18.6 Å². The van der Waals surface area contributed by atoms with E-state index in [2.05, 4.69) is 10.3 Å². The lowest BCUT2D eigenvalue weighted by molar-refractivity contribution is -0.151. The molecule has 35 heavy (non-hydrogen) atoms. The maximum Gasteiger partial charge on any atom is 0.401 e. The summed E-state index contributed by atoms with van der Waals surface area (Å²) >= 11 is 6.45. The number of hydrogen-bond donors (Lipinski definition) is 1. The number of carbonyl (C=O) groups is 1. The van der Waals surface area contributed by atoms with Crippen molar-refractivity contribution in [3.63, 3.8) is 0 Å². The molecule has 0 aliphatic carbocycles. The van der Waals surface area contributed by atoms with Crippen molar-refractivity contribution in [1.82, 2.24) is 9.88 Å². The molecule has 5 nitrogen and oxygen atoms in total. The van der Waals surface area contributed by atoms with E-state index in [9.17, 15) is 18.0 Å². The molecule has 190 valence electrons. The fourth-order valence-electron chi connectivity index (χ4n) is 4.85. The molecular formula is C26H31ClF3N3O2. The van der Waals surface area contributed by atoms with Gasteiger partial charge in [-0.05, 0) is 61.9 Å². The number of likely N-dealkylation sites (tertiary alicyclic amines) is 1. The van der Waals surface area contributed by atoms with Gasteiger partial charge < -0.3 is 10.1 Å². The van der Waals surface area contributed by atoms with Crippen LogP contribution in [0.2, 0.25) is 5.02 Å². The molecule has 0 bridgehead atoms. The molecule has 1 aromatic carbocycles. The monoisotopic (exact) mass is 509 g/mol. The Morgan fingerprint density at radius 1 is 1.20 bits per heavy atom. The molecule has 2 aromatic rings. The molecule has 9 heteroatoms. The quantitative estimate of drug-likeness (QED) is 0.500. The lowest BCUT2D eigenvalue weighted by atomic mass is 9.91. The predicted molar refractivity (Wildman–Crippen MR) is 131 cm³/mol. The first-order valence-electron chi connectivity index (χ1n) is 12.1. The van der Waals surface area contributed by atoms with E-state index in [1.54, 1.807) is 6.20 Å². The standard InChI is InChI=1S/C26H31ClF3N3O2/c27-24-15-32-22(13-25(34)20-4-2-8-33(16-20)17-26(28,29)30)12-23(24)19-3-1-5-21(11-19)31-14-18-6-9-35-10-7-18/h1,3,5,11-12,15,18,20,31H,2,4,6-10,13-14,16-17H2/t20-/m0/s1. The third kappa shape index (κ3) is 7.66. The number of pyridine rings is 1. The van der Waals surface area contributed by atoms with Gasteiger partial charge in [0.1, 0.15) is 5.78 Å². The first kappa shape index (κ1) is 25.9. The fourth-order valence-corrected chi connectivity index (χ4v) is 5.06. The van der Waals surface area contributed by atoms with E-state index in [1.807, 2.05) is 30.3 Å². The molecule has 0 spiro atoms. The van der Waals surface area contributed by atoms with Gasteiger partial charge in [-0.1, -0.05) is 23.7 Å². The number of nitrogens with zero attached hydrogens (tertiary/aromatic N) is 2. The van der Waals surface area contributed by atoms with Crippen molar-refractivity contribution in [3.8, 4) is 11.1 Å². The fraction of sp³-hybridized carbons (Fsp3) is 0.538. The molecule has 2 aliphatic heterocycles. The molecule has 2 aliphatic rings. The van der Waals surface area contributed by atoms with Crippen LogP contribution in [0.15, 0.2) is 36.5 Å². The minimum absolute atomic E-state index is 0.0791. The van der Waals surface area contributed by atoms with E-state index in [0.717, 1.165) is 49.4 Å². The third-order valence-corrected chi connectivity index (χ3v) is 7.04. The highest BCUT2D eigenvalue weighted by molar-refractivity contribution is 6.33. The normalized spacial score (nSPS) is 20.1. The average molecular weight is 510 g/mol. The molecule has 1 aromatic heterocycles. The highest BCUT2D eigenvalue weighted by atomic mass is 35.5. The number of aromatic nitrogens is 1. The molecule has 1 N–H and O–H groups in total. The van der Waals surface area contributed by atoms with Gasteiger partial charge in [0.2, 0.25) is 0 Å². The number of Topliss-reactive ketones (excluding diaryl/α,β-unsaturated/α-hetero) is 1. The van der Waals surface area contributed by atoms with Crippen LogP contribution in [-0.2, 0) is 16.0 Å². The topological polar surface area (TPSA) is 54.5 Å². The highest BCUT2D eigenvalue weighted by Crippen LogP contribution is 2.31. The zero-order chi connectivity index (χ0) is 24.8. The molecular weight excluding hydrogens is 479 g/mol. The summed E-state index contributed by atoms with van der Waals surface area (Å²) in [5, 5.41) is 3.98. The number of ether oxygens (including phenoxy) is 1. The van der Waals surface area contributed by atoms with Crippen LogP contribution < -0.4 is 5.32 Å². The van der Waals surface area contributed by atoms with Crippen molar-refractivity contribution < 1.29 is 22.7 Å². The summed E-state index contributed by atoms with van der Waals surface area (Å²) in [5.74, 6) is 0.0932. The van der Waals surface area contributed by atoms with Gasteiger partial charge in [-0.25, -0.2) is 0 Å².